The number of nitrogens with one attached hydrogen (secondary N) is 1. The van der Waals surface area contributed by atoms with Crippen LogP contribution in [0.1, 0.15) is 39.5 Å². The highest BCUT2D eigenvalue weighted by molar-refractivity contribution is 14.0. The fraction of sp³-hybridized carbons (Fsp3) is 0.929. The van der Waals surface area contributed by atoms with Gasteiger partial charge in [0.15, 0.2) is 5.96 Å². The molecule has 1 aliphatic heterocycles. The molecule has 0 spiro atoms. The van der Waals surface area contributed by atoms with E-state index in [0.717, 1.165) is 43.3 Å². The lowest BCUT2D eigenvalue weighted by Crippen LogP contribution is -2.48. The smallest absolute Gasteiger partial charge is 0.193 e. The summed E-state index contributed by atoms with van der Waals surface area (Å²) in [5.74, 6) is 3.70. The van der Waals surface area contributed by atoms with E-state index in [-0.39, 0.29) is 24.0 Å². The van der Waals surface area contributed by atoms with Crippen LogP contribution >= 0.6 is 24.0 Å². The van der Waals surface area contributed by atoms with E-state index in [1.165, 1.54) is 25.7 Å². The number of hydrogen-bond donors (Lipinski definition) is 1. The molecule has 0 amide bonds. The maximum absolute atomic E-state index is 4.43. The Morgan fingerprint density at radius 3 is 2.33 bits per heavy atom. The number of rotatable bonds is 3. The zero-order valence-electron chi connectivity index (χ0n) is 12.0. The summed E-state index contributed by atoms with van der Waals surface area (Å²) in [6.45, 7) is 8.11. The Labute approximate surface area is 129 Å². The van der Waals surface area contributed by atoms with Crippen molar-refractivity contribution >= 4 is 29.9 Å². The molecule has 2 fully saturated rings. The van der Waals surface area contributed by atoms with Crippen molar-refractivity contribution in [3.63, 3.8) is 0 Å². The normalized spacial score (nSPS) is 28.8. The van der Waals surface area contributed by atoms with Crippen LogP contribution in [0.25, 0.3) is 0 Å². The third-order valence-electron chi connectivity index (χ3n) is 3.91. The summed E-state index contributed by atoms with van der Waals surface area (Å²) in [5, 5.41) is 3.53. The molecular formula is C14H28IN3. The molecular weight excluding hydrogens is 337 g/mol. The lowest BCUT2D eigenvalue weighted by atomic mass is 9.92. The molecule has 1 saturated carbocycles. The molecule has 0 aromatic carbocycles. The van der Waals surface area contributed by atoms with Crippen LogP contribution in [-0.2, 0) is 0 Å². The molecule has 2 atom stereocenters. The lowest BCUT2D eigenvalue weighted by Gasteiger charge is -2.37. The summed E-state index contributed by atoms with van der Waals surface area (Å²) in [4.78, 5) is 6.87. The van der Waals surface area contributed by atoms with E-state index in [4.69, 9.17) is 0 Å². The number of aliphatic imine (C=N–C) groups is 1. The summed E-state index contributed by atoms with van der Waals surface area (Å²) in [6, 6.07) is 0. The van der Waals surface area contributed by atoms with Gasteiger partial charge in [-0.05, 0) is 30.6 Å². The zero-order chi connectivity index (χ0) is 12.3. The van der Waals surface area contributed by atoms with Gasteiger partial charge in [0.05, 0.1) is 0 Å². The van der Waals surface area contributed by atoms with E-state index in [0.29, 0.717) is 0 Å². The molecule has 0 aromatic heterocycles. The largest absolute Gasteiger partial charge is 0.356 e. The Bertz CT molecular complexity index is 266. The number of guanidine groups is 1. The topological polar surface area (TPSA) is 27.6 Å². The van der Waals surface area contributed by atoms with Crippen LogP contribution in [0.5, 0.6) is 0 Å². The number of hydrogen-bond acceptors (Lipinski definition) is 1. The Morgan fingerprint density at radius 2 is 1.83 bits per heavy atom. The minimum absolute atomic E-state index is 0. The summed E-state index contributed by atoms with van der Waals surface area (Å²) >= 11 is 0. The molecule has 2 unspecified atom stereocenters. The summed E-state index contributed by atoms with van der Waals surface area (Å²) in [7, 11) is 1.91. The minimum atomic E-state index is 0. The van der Waals surface area contributed by atoms with Crippen molar-refractivity contribution in [2.24, 2.45) is 22.7 Å². The second-order valence-corrected chi connectivity index (χ2v) is 6.06. The monoisotopic (exact) mass is 365 g/mol. The number of piperidine rings is 1. The molecule has 1 aliphatic carbocycles. The van der Waals surface area contributed by atoms with Crippen LogP contribution in [0, 0.1) is 17.8 Å². The second kappa shape index (κ2) is 7.56. The van der Waals surface area contributed by atoms with Crippen molar-refractivity contribution in [3.8, 4) is 0 Å². The van der Waals surface area contributed by atoms with Gasteiger partial charge in [0, 0.05) is 26.7 Å². The first-order valence-corrected chi connectivity index (χ1v) is 7.14. The summed E-state index contributed by atoms with van der Waals surface area (Å²) < 4.78 is 0. The highest BCUT2D eigenvalue weighted by Crippen LogP contribution is 2.31. The van der Waals surface area contributed by atoms with E-state index in [1.54, 1.807) is 0 Å². The first-order chi connectivity index (χ1) is 8.19. The Balaban J connectivity index is 0.00000162. The summed E-state index contributed by atoms with van der Waals surface area (Å²) in [5.41, 5.74) is 0. The van der Waals surface area contributed by atoms with Gasteiger partial charge in [0.1, 0.15) is 0 Å². The zero-order valence-corrected chi connectivity index (χ0v) is 14.3. The number of halogens is 1. The highest BCUT2D eigenvalue weighted by Gasteiger charge is 2.25. The van der Waals surface area contributed by atoms with Gasteiger partial charge < -0.3 is 10.2 Å². The SMILES string of the molecule is CN=C(NCCC1CC1)N1CC(C)CC(C)C1.I. The molecule has 4 heteroatoms. The maximum Gasteiger partial charge on any atom is 0.193 e. The number of likely N-dealkylation sites (tertiary alicyclic amines) is 1. The van der Waals surface area contributed by atoms with Gasteiger partial charge in [-0.3, -0.25) is 4.99 Å². The van der Waals surface area contributed by atoms with Crippen molar-refractivity contribution in [2.45, 2.75) is 39.5 Å². The first-order valence-electron chi connectivity index (χ1n) is 7.14. The molecule has 18 heavy (non-hydrogen) atoms. The molecule has 1 N–H and O–H groups in total. The second-order valence-electron chi connectivity index (χ2n) is 6.06. The molecule has 0 aromatic rings. The molecule has 1 saturated heterocycles. The number of nitrogens with zero attached hydrogens (tertiary/aromatic N) is 2. The fourth-order valence-corrected chi connectivity index (χ4v) is 2.96. The van der Waals surface area contributed by atoms with Crippen LogP contribution in [-0.4, -0.2) is 37.5 Å². The third-order valence-corrected chi connectivity index (χ3v) is 3.91. The molecule has 106 valence electrons. The predicted molar refractivity (Wildman–Crippen MR) is 88.6 cm³/mol. The quantitative estimate of drug-likeness (QED) is 0.473. The average molecular weight is 365 g/mol. The summed E-state index contributed by atoms with van der Waals surface area (Å²) in [6.07, 6.45) is 5.56. The van der Waals surface area contributed by atoms with Crippen molar-refractivity contribution in [2.75, 3.05) is 26.7 Å². The highest BCUT2D eigenvalue weighted by atomic mass is 127. The molecule has 0 bridgehead atoms. The van der Waals surface area contributed by atoms with E-state index in [2.05, 4.69) is 29.1 Å². The van der Waals surface area contributed by atoms with Crippen molar-refractivity contribution < 1.29 is 0 Å². The standard InChI is InChI=1S/C14H27N3.HI/c1-11-8-12(2)10-17(9-11)14(15-3)16-7-6-13-4-5-13;/h11-13H,4-10H2,1-3H3,(H,15,16);1H. The van der Waals surface area contributed by atoms with Crippen LogP contribution in [0.15, 0.2) is 4.99 Å². The van der Waals surface area contributed by atoms with Crippen LogP contribution in [0.3, 0.4) is 0 Å². The molecule has 2 rings (SSSR count). The van der Waals surface area contributed by atoms with Gasteiger partial charge in [0.25, 0.3) is 0 Å². The van der Waals surface area contributed by atoms with Gasteiger partial charge in [-0.1, -0.05) is 26.7 Å². The Hall–Kier alpha value is 0. The van der Waals surface area contributed by atoms with Gasteiger partial charge in [-0.15, -0.1) is 24.0 Å². The van der Waals surface area contributed by atoms with Gasteiger partial charge in [0.2, 0.25) is 0 Å². The van der Waals surface area contributed by atoms with E-state index in [1.807, 2.05) is 7.05 Å². The predicted octanol–water partition coefficient (Wildman–Crippen LogP) is 2.96. The van der Waals surface area contributed by atoms with Gasteiger partial charge in [-0.2, -0.15) is 0 Å². The molecule has 3 nitrogen and oxygen atoms in total. The van der Waals surface area contributed by atoms with Crippen LogP contribution < -0.4 is 5.32 Å². The first kappa shape index (κ1) is 16.1. The van der Waals surface area contributed by atoms with E-state index in [9.17, 15) is 0 Å². The lowest BCUT2D eigenvalue weighted by molar-refractivity contribution is 0.208. The van der Waals surface area contributed by atoms with Crippen LogP contribution in [0.4, 0.5) is 0 Å². The van der Waals surface area contributed by atoms with Gasteiger partial charge in [-0.25, -0.2) is 0 Å². The van der Waals surface area contributed by atoms with E-state index < -0.39 is 0 Å². The molecule has 0 radical (unpaired) electrons. The Kier molecular flexibility index (Phi) is 6.74. The van der Waals surface area contributed by atoms with Crippen molar-refractivity contribution in [3.05, 3.63) is 0 Å². The van der Waals surface area contributed by atoms with Crippen molar-refractivity contribution in [1.82, 2.24) is 10.2 Å². The van der Waals surface area contributed by atoms with Crippen molar-refractivity contribution in [1.29, 1.82) is 0 Å². The fourth-order valence-electron chi connectivity index (χ4n) is 2.96. The molecule has 1 heterocycles. The minimum Gasteiger partial charge on any atom is -0.356 e. The Morgan fingerprint density at radius 1 is 1.22 bits per heavy atom. The maximum atomic E-state index is 4.43. The van der Waals surface area contributed by atoms with E-state index >= 15 is 0 Å². The third kappa shape index (κ3) is 4.94. The average Bonchev–Trinajstić information content (AvgIpc) is 3.06. The van der Waals surface area contributed by atoms with Gasteiger partial charge >= 0.3 is 0 Å². The molecule has 2 aliphatic rings. The van der Waals surface area contributed by atoms with Crippen LogP contribution in [0.2, 0.25) is 0 Å².